The van der Waals surface area contributed by atoms with Crippen molar-refractivity contribution in [3.8, 4) is 17.2 Å². The standard InChI is InChI=1S/C20H30N4O3S/c1-6-21-20(23-10-8-19-24-13-14(2)28-19)22-9-7-16-17(26-4)11-15(25-3)12-18(16)27-5/h11-13H,6-10H2,1-5H3,(H2,21,22,23). The summed E-state index contributed by atoms with van der Waals surface area (Å²) in [5, 5.41) is 7.76. The van der Waals surface area contributed by atoms with Crippen LogP contribution in [-0.4, -0.2) is 51.9 Å². The largest absolute Gasteiger partial charge is 0.496 e. The number of rotatable bonds is 10. The number of guanidine groups is 1. The summed E-state index contributed by atoms with van der Waals surface area (Å²) >= 11 is 1.72. The molecule has 0 unspecified atom stereocenters. The molecule has 0 spiro atoms. The first-order valence-electron chi connectivity index (χ1n) is 9.33. The number of nitrogens with zero attached hydrogens (tertiary/aromatic N) is 2. The van der Waals surface area contributed by atoms with Gasteiger partial charge >= 0.3 is 0 Å². The van der Waals surface area contributed by atoms with Crippen molar-refractivity contribution in [1.82, 2.24) is 15.6 Å². The van der Waals surface area contributed by atoms with E-state index < -0.39 is 0 Å². The molecule has 0 aliphatic rings. The number of nitrogens with one attached hydrogen (secondary N) is 2. The van der Waals surface area contributed by atoms with E-state index in [1.165, 1.54) is 4.88 Å². The number of hydrogen-bond acceptors (Lipinski definition) is 6. The minimum Gasteiger partial charge on any atom is -0.496 e. The molecule has 0 radical (unpaired) electrons. The normalized spacial score (nSPS) is 11.2. The molecule has 0 saturated heterocycles. The molecule has 28 heavy (non-hydrogen) atoms. The molecule has 0 atom stereocenters. The Balaban J connectivity index is 1.97. The van der Waals surface area contributed by atoms with Gasteiger partial charge in [-0.25, -0.2) is 4.98 Å². The predicted octanol–water partition coefficient (Wildman–Crippen LogP) is 2.82. The highest BCUT2D eigenvalue weighted by Gasteiger charge is 2.13. The lowest BCUT2D eigenvalue weighted by Gasteiger charge is -2.16. The van der Waals surface area contributed by atoms with E-state index in [1.54, 1.807) is 32.7 Å². The first-order chi connectivity index (χ1) is 13.6. The average molecular weight is 407 g/mol. The van der Waals surface area contributed by atoms with Gasteiger partial charge in [0.15, 0.2) is 5.96 Å². The van der Waals surface area contributed by atoms with Crippen LogP contribution < -0.4 is 24.8 Å². The summed E-state index contributed by atoms with van der Waals surface area (Å²) in [7, 11) is 4.93. The van der Waals surface area contributed by atoms with Gasteiger partial charge in [0.25, 0.3) is 0 Å². The van der Waals surface area contributed by atoms with Crippen LogP contribution in [0.15, 0.2) is 23.3 Å². The van der Waals surface area contributed by atoms with Crippen molar-refractivity contribution < 1.29 is 14.2 Å². The highest BCUT2D eigenvalue weighted by Crippen LogP contribution is 2.34. The van der Waals surface area contributed by atoms with Crippen molar-refractivity contribution in [3.05, 3.63) is 33.8 Å². The van der Waals surface area contributed by atoms with Crippen molar-refractivity contribution in [3.63, 3.8) is 0 Å². The van der Waals surface area contributed by atoms with Gasteiger partial charge in [0.1, 0.15) is 17.2 Å². The zero-order valence-corrected chi connectivity index (χ0v) is 18.1. The van der Waals surface area contributed by atoms with Crippen LogP contribution in [0.25, 0.3) is 0 Å². The molecule has 2 aromatic rings. The molecule has 1 aromatic heterocycles. The molecule has 0 amide bonds. The quantitative estimate of drug-likeness (QED) is 0.467. The van der Waals surface area contributed by atoms with Crippen LogP contribution in [0.2, 0.25) is 0 Å². The second-order valence-corrected chi connectivity index (χ2v) is 7.38. The van der Waals surface area contributed by atoms with Crippen molar-refractivity contribution in [2.45, 2.75) is 26.7 Å². The van der Waals surface area contributed by atoms with Crippen LogP contribution in [0.4, 0.5) is 0 Å². The molecule has 7 nitrogen and oxygen atoms in total. The van der Waals surface area contributed by atoms with E-state index in [0.717, 1.165) is 47.4 Å². The van der Waals surface area contributed by atoms with Crippen molar-refractivity contribution in [2.24, 2.45) is 4.99 Å². The number of hydrogen-bond donors (Lipinski definition) is 2. The molecular weight excluding hydrogens is 376 g/mol. The van der Waals surface area contributed by atoms with Gasteiger partial charge in [0, 0.05) is 54.8 Å². The molecule has 8 heteroatoms. The van der Waals surface area contributed by atoms with Crippen LogP contribution in [-0.2, 0) is 12.8 Å². The summed E-state index contributed by atoms with van der Waals surface area (Å²) in [6.07, 6.45) is 3.48. The molecule has 0 aliphatic carbocycles. The smallest absolute Gasteiger partial charge is 0.191 e. The average Bonchev–Trinajstić information content (AvgIpc) is 3.12. The van der Waals surface area contributed by atoms with Crippen LogP contribution in [0.1, 0.15) is 22.4 Å². The number of aryl methyl sites for hydroxylation is 1. The summed E-state index contributed by atoms with van der Waals surface area (Å²) in [5.74, 6) is 3.00. The lowest BCUT2D eigenvalue weighted by molar-refractivity contribution is 0.368. The van der Waals surface area contributed by atoms with Crippen LogP contribution in [0.5, 0.6) is 17.2 Å². The van der Waals surface area contributed by atoms with E-state index in [4.69, 9.17) is 14.2 Å². The Kier molecular flexibility index (Phi) is 8.87. The van der Waals surface area contributed by atoms with E-state index >= 15 is 0 Å². The fourth-order valence-corrected chi connectivity index (χ4v) is 3.53. The Labute approximate surface area is 171 Å². The molecule has 2 N–H and O–H groups in total. The second kappa shape index (κ2) is 11.4. The summed E-state index contributed by atoms with van der Waals surface area (Å²) in [5.41, 5.74) is 0.993. The Morgan fingerprint density at radius 1 is 1.07 bits per heavy atom. The van der Waals surface area contributed by atoms with Gasteiger partial charge in [-0.1, -0.05) is 0 Å². The molecule has 154 valence electrons. The van der Waals surface area contributed by atoms with E-state index in [2.05, 4.69) is 34.5 Å². The van der Waals surface area contributed by atoms with E-state index in [1.807, 2.05) is 18.3 Å². The highest BCUT2D eigenvalue weighted by molar-refractivity contribution is 7.11. The molecule has 0 bridgehead atoms. The first-order valence-corrected chi connectivity index (χ1v) is 10.1. The van der Waals surface area contributed by atoms with E-state index in [0.29, 0.717) is 18.8 Å². The minimum atomic E-state index is 0.692. The number of methoxy groups -OCH3 is 3. The topological polar surface area (TPSA) is 77.0 Å². The molecule has 0 aliphatic heterocycles. The van der Waals surface area contributed by atoms with Gasteiger partial charge < -0.3 is 24.8 Å². The minimum absolute atomic E-state index is 0.692. The van der Waals surface area contributed by atoms with Crippen LogP contribution in [0, 0.1) is 6.92 Å². The van der Waals surface area contributed by atoms with Gasteiger partial charge in [-0.2, -0.15) is 0 Å². The van der Waals surface area contributed by atoms with Crippen molar-refractivity contribution in [1.29, 1.82) is 0 Å². The van der Waals surface area contributed by atoms with Crippen LogP contribution >= 0.6 is 11.3 Å². The van der Waals surface area contributed by atoms with E-state index in [9.17, 15) is 0 Å². The third-order valence-electron chi connectivity index (χ3n) is 4.09. The van der Waals surface area contributed by atoms with Crippen molar-refractivity contribution >= 4 is 17.3 Å². The fraction of sp³-hybridized carbons (Fsp3) is 0.500. The third kappa shape index (κ3) is 6.30. The van der Waals surface area contributed by atoms with Crippen molar-refractivity contribution in [2.75, 3.05) is 41.0 Å². The maximum absolute atomic E-state index is 5.51. The summed E-state index contributed by atoms with van der Waals surface area (Å²) in [6.45, 7) is 6.31. The molecule has 2 rings (SSSR count). The lowest BCUT2D eigenvalue weighted by atomic mass is 10.1. The Morgan fingerprint density at radius 3 is 2.32 bits per heavy atom. The zero-order valence-electron chi connectivity index (χ0n) is 17.3. The fourth-order valence-electron chi connectivity index (χ4n) is 2.75. The Morgan fingerprint density at radius 2 is 1.79 bits per heavy atom. The highest BCUT2D eigenvalue weighted by atomic mass is 32.1. The van der Waals surface area contributed by atoms with Crippen LogP contribution in [0.3, 0.4) is 0 Å². The van der Waals surface area contributed by atoms with Gasteiger partial charge in [0.2, 0.25) is 0 Å². The second-order valence-electron chi connectivity index (χ2n) is 6.06. The SMILES string of the molecule is CCNC(=NCCc1ncc(C)s1)NCCc1c(OC)cc(OC)cc1OC. The molecular formula is C20H30N4O3S. The van der Waals surface area contributed by atoms with Gasteiger partial charge in [-0.15, -0.1) is 11.3 Å². The van der Waals surface area contributed by atoms with Gasteiger partial charge in [-0.3, -0.25) is 4.99 Å². The molecule has 0 fully saturated rings. The molecule has 1 heterocycles. The van der Waals surface area contributed by atoms with E-state index in [-0.39, 0.29) is 0 Å². The number of ether oxygens (including phenoxy) is 3. The number of aromatic nitrogens is 1. The molecule has 1 aromatic carbocycles. The van der Waals surface area contributed by atoms with Gasteiger partial charge in [0.05, 0.1) is 26.3 Å². The number of aliphatic imine (C=N–C) groups is 1. The maximum Gasteiger partial charge on any atom is 0.191 e. The summed E-state index contributed by atoms with van der Waals surface area (Å²) in [6, 6.07) is 3.74. The maximum atomic E-state index is 5.51. The first kappa shape index (κ1) is 21.8. The number of thiazole rings is 1. The van der Waals surface area contributed by atoms with Gasteiger partial charge in [-0.05, 0) is 20.3 Å². The Hall–Kier alpha value is -2.48. The zero-order chi connectivity index (χ0) is 20.4. The molecule has 0 saturated carbocycles. The summed E-state index contributed by atoms with van der Waals surface area (Å²) in [4.78, 5) is 10.3. The monoisotopic (exact) mass is 406 g/mol. The third-order valence-corrected chi connectivity index (χ3v) is 5.07. The summed E-state index contributed by atoms with van der Waals surface area (Å²) < 4.78 is 16.3. The Bertz CT molecular complexity index is 752. The predicted molar refractivity (Wildman–Crippen MR) is 114 cm³/mol. The lowest BCUT2D eigenvalue weighted by Crippen LogP contribution is -2.38. The number of benzene rings is 1.